The number of ether oxygens (including phenoxy) is 4. The number of benzene rings is 2. The van der Waals surface area contributed by atoms with E-state index < -0.39 is 30.1 Å². The van der Waals surface area contributed by atoms with Gasteiger partial charge in [0, 0.05) is 12.0 Å². The number of para-hydroxylation sites is 1. The second-order valence-electron chi connectivity index (χ2n) is 7.63. The van der Waals surface area contributed by atoms with Crippen molar-refractivity contribution in [2.75, 3.05) is 26.1 Å². The summed E-state index contributed by atoms with van der Waals surface area (Å²) < 4.78 is 21.2. The number of carbonyl (C=O) groups is 4. The summed E-state index contributed by atoms with van der Waals surface area (Å²) in [7, 11) is 2.84. The van der Waals surface area contributed by atoms with E-state index >= 15 is 0 Å². The number of cyclic esters (lactones) is 1. The van der Waals surface area contributed by atoms with Crippen molar-refractivity contribution in [3.8, 4) is 11.5 Å². The van der Waals surface area contributed by atoms with E-state index in [-0.39, 0.29) is 47.9 Å². The molecule has 0 unspecified atom stereocenters. The van der Waals surface area contributed by atoms with Gasteiger partial charge in [0.15, 0.2) is 11.5 Å². The Morgan fingerprint density at radius 2 is 1.88 bits per heavy atom. The fourth-order valence-electron chi connectivity index (χ4n) is 4.24. The molecule has 2 amide bonds. The summed E-state index contributed by atoms with van der Waals surface area (Å²) in [5.41, 5.74) is 1.02. The number of anilines is 1. The van der Waals surface area contributed by atoms with Crippen molar-refractivity contribution in [1.82, 2.24) is 4.90 Å². The van der Waals surface area contributed by atoms with Gasteiger partial charge in [-0.3, -0.25) is 14.5 Å². The summed E-state index contributed by atoms with van der Waals surface area (Å²) in [5, 5.41) is 2.72. The molecular weight excluding hydrogens is 444 g/mol. The standard InChI is InChI=1S/C24H24N2O8/c1-4-33-23(29)13-7-5-6-8-15(13)25-21(28)16-10-12-18(27)26(16)22-14-9-11-17(31-2)20(32-3)19(14)24(30)34-22/h5-9,11,16,22H,4,10,12H2,1-3H3,(H,25,28)/t16-,22-/m1/s1. The van der Waals surface area contributed by atoms with Gasteiger partial charge in [0.1, 0.15) is 11.6 Å². The molecular formula is C24H24N2O8. The monoisotopic (exact) mass is 468 g/mol. The molecule has 2 heterocycles. The molecule has 0 radical (unpaired) electrons. The molecule has 4 rings (SSSR count). The molecule has 34 heavy (non-hydrogen) atoms. The summed E-state index contributed by atoms with van der Waals surface area (Å²) in [5.74, 6) is -1.55. The highest BCUT2D eigenvalue weighted by Gasteiger charge is 2.47. The predicted molar refractivity (Wildman–Crippen MR) is 119 cm³/mol. The first kappa shape index (κ1) is 23.1. The number of carbonyl (C=O) groups excluding carboxylic acids is 4. The first-order chi connectivity index (χ1) is 16.4. The maximum atomic E-state index is 13.2. The molecule has 0 aliphatic carbocycles. The van der Waals surface area contributed by atoms with Gasteiger partial charge in [-0.05, 0) is 37.6 Å². The fraction of sp³-hybridized carbons (Fsp3) is 0.333. The van der Waals surface area contributed by atoms with Crippen molar-refractivity contribution in [1.29, 1.82) is 0 Å². The second kappa shape index (κ2) is 9.42. The average Bonchev–Trinajstić information content (AvgIpc) is 3.38. The third-order valence-electron chi connectivity index (χ3n) is 5.76. The van der Waals surface area contributed by atoms with Crippen LogP contribution < -0.4 is 14.8 Å². The SMILES string of the molecule is CCOC(=O)c1ccccc1NC(=O)[C@H]1CCC(=O)N1[C@@H]1OC(=O)c2c1ccc(OC)c2OC. The van der Waals surface area contributed by atoms with Crippen LogP contribution >= 0.6 is 0 Å². The zero-order chi connectivity index (χ0) is 24.4. The Balaban J connectivity index is 1.64. The van der Waals surface area contributed by atoms with Gasteiger partial charge in [-0.2, -0.15) is 0 Å². The number of methoxy groups -OCH3 is 2. The minimum absolute atomic E-state index is 0.105. The third-order valence-corrected chi connectivity index (χ3v) is 5.76. The molecule has 178 valence electrons. The number of hydrogen-bond donors (Lipinski definition) is 1. The number of hydrogen-bond acceptors (Lipinski definition) is 8. The van der Waals surface area contributed by atoms with Gasteiger partial charge in [-0.25, -0.2) is 9.59 Å². The van der Waals surface area contributed by atoms with E-state index in [4.69, 9.17) is 18.9 Å². The number of likely N-dealkylation sites (tertiary alicyclic amines) is 1. The Labute approximate surface area is 195 Å². The van der Waals surface area contributed by atoms with E-state index in [9.17, 15) is 19.2 Å². The van der Waals surface area contributed by atoms with Crippen LogP contribution in [0.4, 0.5) is 5.69 Å². The van der Waals surface area contributed by atoms with Crippen LogP contribution in [0.2, 0.25) is 0 Å². The highest BCUT2D eigenvalue weighted by atomic mass is 16.6. The molecule has 10 nitrogen and oxygen atoms in total. The highest BCUT2D eigenvalue weighted by molar-refractivity contribution is 6.05. The number of nitrogens with zero attached hydrogens (tertiary/aromatic N) is 1. The zero-order valence-corrected chi connectivity index (χ0v) is 19.0. The minimum Gasteiger partial charge on any atom is -0.493 e. The van der Waals surface area contributed by atoms with Gasteiger partial charge in [-0.1, -0.05) is 12.1 Å². The molecule has 0 spiro atoms. The smallest absolute Gasteiger partial charge is 0.344 e. The van der Waals surface area contributed by atoms with Gasteiger partial charge < -0.3 is 24.3 Å². The summed E-state index contributed by atoms with van der Waals surface area (Å²) in [4.78, 5) is 52.3. The van der Waals surface area contributed by atoms with Crippen LogP contribution in [0.3, 0.4) is 0 Å². The predicted octanol–water partition coefficient (Wildman–Crippen LogP) is 2.68. The Hall–Kier alpha value is -4.08. The topological polar surface area (TPSA) is 120 Å². The highest BCUT2D eigenvalue weighted by Crippen LogP contribution is 2.45. The van der Waals surface area contributed by atoms with Crippen molar-refractivity contribution in [2.45, 2.75) is 32.0 Å². The molecule has 10 heteroatoms. The van der Waals surface area contributed by atoms with Gasteiger partial charge >= 0.3 is 11.9 Å². The van der Waals surface area contributed by atoms with E-state index in [0.717, 1.165) is 0 Å². The second-order valence-corrected chi connectivity index (χ2v) is 7.63. The van der Waals surface area contributed by atoms with Gasteiger partial charge in [0.25, 0.3) is 0 Å². The first-order valence-corrected chi connectivity index (χ1v) is 10.7. The van der Waals surface area contributed by atoms with Crippen molar-refractivity contribution in [2.24, 2.45) is 0 Å². The van der Waals surface area contributed by atoms with E-state index in [1.807, 2.05) is 0 Å². The van der Waals surface area contributed by atoms with Gasteiger partial charge in [0.2, 0.25) is 18.0 Å². The number of nitrogens with one attached hydrogen (secondary N) is 1. The largest absolute Gasteiger partial charge is 0.493 e. The molecule has 2 aromatic rings. The lowest BCUT2D eigenvalue weighted by molar-refractivity contribution is -0.144. The van der Waals surface area contributed by atoms with Crippen LogP contribution in [0.15, 0.2) is 36.4 Å². The lowest BCUT2D eigenvalue weighted by Gasteiger charge is -2.29. The lowest BCUT2D eigenvalue weighted by Crippen LogP contribution is -2.44. The summed E-state index contributed by atoms with van der Waals surface area (Å²) in [6, 6.07) is 8.75. The molecule has 1 saturated heterocycles. The van der Waals surface area contributed by atoms with Crippen LogP contribution in [-0.2, 0) is 19.1 Å². The van der Waals surface area contributed by atoms with E-state index in [0.29, 0.717) is 11.3 Å². The first-order valence-electron chi connectivity index (χ1n) is 10.7. The molecule has 2 aliphatic heterocycles. The Bertz CT molecular complexity index is 1160. The molecule has 0 saturated carbocycles. The molecule has 2 aromatic carbocycles. The Kier molecular flexibility index (Phi) is 6.40. The molecule has 0 aromatic heterocycles. The molecule has 0 bridgehead atoms. The fourth-order valence-corrected chi connectivity index (χ4v) is 4.24. The number of rotatable bonds is 7. The van der Waals surface area contributed by atoms with Crippen molar-refractivity contribution in [3.05, 3.63) is 53.1 Å². The van der Waals surface area contributed by atoms with E-state index in [1.54, 1.807) is 43.3 Å². The van der Waals surface area contributed by atoms with Crippen LogP contribution in [0.25, 0.3) is 0 Å². The molecule has 2 aliphatic rings. The lowest BCUT2D eigenvalue weighted by atomic mass is 10.0. The Morgan fingerprint density at radius 1 is 1.12 bits per heavy atom. The van der Waals surface area contributed by atoms with Crippen molar-refractivity contribution < 1.29 is 38.1 Å². The Morgan fingerprint density at radius 3 is 2.59 bits per heavy atom. The van der Waals surface area contributed by atoms with Crippen molar-refractivity contribution in [3.63, 3.8) is 0 Å². The van der Waals surface area contributed by atoms with Crippen LogP contribution in [0.5, 0.6) is 11.5 Å². The zero-order valence-electron chi connectivity index (χ0n) is 19.0. The molecule has 1 fully saturated rings. The van der Waals surface area contributed by atoms with Crippen LogP contribution in [0.1, 0.15) is 52.3 Å². The molecule has 1 N–H and O–H groups in total. The molecule has 2 atom stereocenters. The van der Waals surface area contributed by atoms with Gasteiger partial charge in [-0.15, -0.1) is 0 Å². The summed E-state index contributed by atoms with van der Waals surface area (Å²) in [6.45, 7) is 1.87. The van der Waals surface area contributed by atoms with Crippen LogP contribution in [-0.4, -0.2) is 55.5 Å². The average molecular weight is 468 g/mol. The quantitative estimate of drug-likeness (QED) is 0.616. The minimum atomic E-state index is -1.09. The number of esters is 2. The van der Waals surface area contributed by atoms with E-state index in [1.165, 1.54) is 19.1 Å². The number of amides is 2. The summed E-state index contributed by atoms with van der Waals surface area (Å²) in [6.07, 6.45) is -0.759. The maximum Gasteiger partial charge on any atom is 0.344 e. The third kappa shape index (κ3) is 3.91. The normalized spacial score (nSPS) is 18.9. The van der Waals surface area contributed by atoms with Crippen molar-refractivity contribution >= 4 is 29.4 Å². The van der Waals surface area contributed by atoms with E-state index in [2.05, 4.69) is 5.32 Å². The maximum absolute atomic E-state index is 13.2. The van der Waals surface area contributed by atoms with Crippen LogP contribution in [0, 0.1) is 0 Å². The number of fused-ring (bicyclic) bond motifs is 1. The van der Waals surface area contributed by atoms with Gasteiger partial charge in [0.05, 0.1) is 32.1 Å². The summed E-state index contributed by atoms with van der Waals surface area (Å²) >= 11 is 0.